The highest BCUT2D eigenvalue weighted by Crippen LogP contribution is 2.22. The monoisotopic (exact) mass is 243 g/mol. The largest absolute Gasteiger partial charge is 0.494 e. The quantitative estimate of drug-likeness (QED) is 0.807. The second-order valence-electron chi connectivity index (χ2n) is 3.65. The van der Waals surface area contributed by atoms with Gasteiger partial charge in [0.25, 0.3) is 0 Å². The van der Waals surface area contributed by atoms with Crippen LogP contribution in [0.5, 0.6) is 5.75 Å². The summed E-state index contributed by atoms with van der Waals surface area (Å²) in [4.78, 5) is 0.290. The van der Waals surface area contributed by atoms with Gasteiger partial charge in [-0.2, -0.15) is 0 Å². The second kappa shape index (κ2) is 4.84. The van der Waals surface area contributed by atoms with E-state index in [0.717, 1.165) is 11.3 Å². The van der Waals surface area contributed by atoms with Crippen molar-refractivity contribution in [3.8, 4) is 5.75 Å². The van der Waals surface area contributed by atoms with Crippen LogP contribution < -0.4 is 4.74 Å². The molecule has 0 unspecified atom stereocenters. The number of ether oxygens (including phenoxy) is 1. The van der Waals surface area contributed by atoms with Gasteiger partial charge in [-0.3, -0.25) is 0 Å². The molecule has 0 amide bonds. The average Bonchev–Trinajstić information content (AvgIpc) is 2.21. The highest BCUT2D eigenvalue weighted by atomic mass is 32.2. The second-order valence-corrected chi connectivity index (χ2v) is 5.80. The molecule has 0 aliphatic heterocycles. The molecule has 0 aliphatic rings. The van der Waals surface area contributed by atoms with Crippen molar-refractivity contribution in [2.45, 2.75) is 18.7 Å². The highest BCUT2D eigenvalue weighted by Gasteiger charge is 2.17. The van der Waals surface area contributed by atoms with Gasteiger partial charge in [0.05, 0.1) is 11.5 Å². The Morgan fingerprint density at radius 2 is 1.94 bits per heavy atom. The summed E-state index contributed by atoms with van der Waals surface area (Å²) in [6.07, 6.45) is 0. The molecule has 0 saturated carbocycles. The molecule has 90 valence electrons. The lowest BCUT2D eigenvalue weighted by molar-refractivity contribution is 0.337. The molecule has 0 fully saturated rings. The Kier molecular flexibility index (Phi) is 3.93. The molecule has 0 aliphatic carbocycles. The van der Waals surface area contributed by atoms with Gasteiger partial charge >= 0.3 is 0 Å². The van der Waals surface area contributed by atoms with Crippen LogP contribution in [0.2, 0.25) is 0 Å². The molecule has 0 atom stereocenters. The number of hydrogen-bond donors (Lipinski definition) is 0. The molecule has 1 aromatic carbocycles. The summed E-state index contributed by atoms with van der Waals surface area (Å²) in [6, 6.07) is 4.88. The Bertz CT molecular complexity index is 466. The van der Waals surface area contributed by atoms with Crippen LogP contribution in [0.3, 0.4) is 0 Å². The Morgan fingerprint density at radius 3 is 2.38 bits per heavy atom. The van der Waals surface area contributed by atoms with Crippen molar-refractivity contribution in [1.29, 1.82) is 0 Å². The molecule has 4 nitrogen and oxygen atoms in total. The van der Waals surface area contributed by atoms with E-state index >= 15 is 0 Å². The fourth-order valence-corrected chi connectivity index (χ4v) is 2.30. The fourth-order valence-electron chi connectivity index (χ4n) is 1.31. The lowest BCUT2D eigenvalue weighted by Gasteiger charge is -2.13. The molecule has 0 saturated heterocycles. The number of rotatable bonds is 4. The summed E-state index contributed by atoms with van der Waals surface area (Å²) in [5.74, 6) is 0.722. The van der Waals surface area contributed by atoms with Gasteiger partial charge in [0.2, 0.25) is 10.0 Å². The minimum atomic E-state index is -3.35. The SMILES string of the molecule is CCOc1ccc(S(=O)(=O)N(C)C)cc1C. The summed E-state index contributed by atoms with van der Waals surface area (Å²) in [6.45, 7) is 4.30. The molecule has 1 aromatic rings. The van der Waals surface area contributed by atoms with E-state index < -0.39 is 10.0 Å². The van der Waals surface area contributed by atoms with Crippen molar-refractivity contribution < 1.29 is 13.2 Å². The topological polar surface area (TPSA) is 46.6 Å². The maximum absolute atomic E-state index is 11.8. The number of benzene rings is 1. The van der Waals surface area contributed by atoms with Gasteiger partial charge in [-0.05, 0) is 37.6 Å². The van der Waals surface area contributed by atoms with Crippen LogP contribution in [0.4, 0.5) is 0 Å². The van der Waals surface area contributed by atoms with Crippen LogP contribution in [0.15, 0.2) is 23.1 Å². The molecule has 16 heavy (non-hydrogen) atoms. The van der Waals surface area contributed by atoms with Crippen molar-refractivity contribution >= 4 is 10.0 Å². The summed E-state index contributed by atoms with van der Waals surface area (Å²) >= 11 is 0. The number of sulfonamides is 1. The van der Waals surface area contributed by atoms with Gasteiger partial charge in [0.15, 0.2) is 0 Å². The highest BCUT2D eigenvalue weighted by molar-refractivity contribution is 7.89. The van der Waals surface area contributed by atoms with E-state index in [1.807, 2.05) is 13.8 Å². The smallest absolute Gasteiger partial charge is 0.242 e. The molecule has 0 N–H and O–H groups in total. The lowest BCUT2D eigenvalue weighted by Crippen LogP contribution is -2.22. The van der Waals surface area contributed by atoms with E-state index in [4.69, 9.17) is 4.74 Å². The molecular weight excluding hydrogens is 226 g/mol. The minimum absolute atomic E-state index is 0.290. The first-order chi connectivity index (χ1) is 7.39. The lowest BCUT2D eigenvalue weighted by atomic mass is 10.2. The number of nitrogens with zero attached hydrogens (tertiary/aromatic N) is 1. The van der Waals surface area contributed by atoms with Crippen molar-refractivity contribution in [2.75, 3.05) is 20.7 Å². The number of aryl methyl sites for hydroxylation is 1. The molecule has 0 radical (unpaired) electrons. The van der Waals surface area contributed by atoms with Crippen molar-refractivity contribution in [3.63, 3.8) is 0 Å². The van der Waals surface area contributed by atoms with Crippen LogP contribution in [0.25, 0.3) is 0 Å². The van der Waals surface area contributed by atoms with Crippen LogP contribution in [0, 0.1) is 6.92 Å². The van der Waals surface area contributed by atoms with Gasteiger partial charge in [0, 0.05) is 14.1 Å². The van der Waals surface area contributed by atoms with E-state index in [1.165, 1.54) is 18.4 Å². The summed E-state index contributed by atoms with van der Waals surface area (Å²) in [7, 11) is -0.323. The predicted molar refractivity (Wildman–Crippen MR) is 63.2 cm³/mol. The van der Waals surface area contributed by atoms with Gasteiger partial charge in [-0.25, -0.2) is 12.7 Å². The van der Waals surface area contributed by atoms with Crippen LogP contribution in [-0.4, -0.2) is 33.4 Å². The normalized spacial score (nSPS) is 11.8. The van der Waals surface area contributed by atoms with E-state index in [1.54, 1.807) is 18.2 Å². The minimum Gasteiger partial charge on any atom is -0.494 e. The van der Waals surface area contributed by atoms with Gasteiger partial charge in [0.1, 0.15) is 5.75 Å². The Balaban J connectivity index is 3.16. The summed E-state index contributed by atoms with van der Waals surface area (Å²) < 4.78 is 30.2. The van der Waals surface area contributed by atoms with E-state index in [9.17, 15) is 8.42 Å². The molecular formula is C11H17NO3S. The zero-order valence-corrected chi connectivity index (χ0v) is 10.8. The van der Waals surface area contributed by atoms with Crippen LogP contribution >= 0.6 is 0 Å². The molecule has 0 aromatic heterocycles. The maximum atomic E-state index is 11.8. The third-order valence-corrected chi connectivity index (χ3v) is 4.04. The van der Waals surface area contributed by atoms with Crippen molar-refractivity contribution in [3.05, 3.63) is 23.8 Å². The van der Waals surface area contributed by atoms with Gasteiger partial charge in [-0.1, -0.05) is 0 Å². The standard InChI is InChI=1S/C11H17NO3S/c1-5-15-11-7-6-10(8-9(11)2)16(13,14)12(3)4/h6-8H,5H2,1-4H3. The Morgan fingerprint density at radius 1 is 1.31 bits per heavy atom. The zero-order chi connectivity index (χ0) is 12.3. The molecule has 0 spiro atoms. The first-order valence-corrected chi connectivity index (χ1v) is 6.49. The van der Waals surface area contributed by atoms with Crippen LogP contribution in [0.1, 0.15) is 12.5 Å². The Hall–Kier alpha value is -1.07. The Labute approximate surface area is 96.9 Å². The van der Waals surface area contributed by atoms with Gasteiger partial charge in [-0.15, -0.1) is 0 Å². The zero-order valence-electron chi connectivity index (χ0n) is 10.0. The first kappa shape index (κ1) is 13.0. The number of hydrogen-bond acceptors (Lipinski definition) is 3. The van der Waals surface area contributed by atoms with Crippen molar-refractivity contribution in [1.82, 2.24) is 4.31 Å². The molecule has 1 rings (SSSR count). The fraction of sp³-hybridized carbons (Fsp3) is 0.455. The van der Waals surface area contributed by atoms with Crippen LogP contribution in [-0.2, 0) is 10.0 Å². The maximum Gasteiger partial charge on any atom is 0.242 e. The first-order valence-electron chi connectivity index (χ1n) is 5.05. The average molecular weight is 243 g/mol. The van der Waals surface area contributed by atoms with Gasteiger partial charge < -0.3 is 4.74 Å². The molecule has 0 bridgehead atoms. The van der Waals surface area contributed by atoms with E-state index in [2.05, 4.69) is 0 Å². The predicted octanol–water partition coefficient (Wildman–Crippen LogP) is 1.64. The third-order valence-electron chi connectivity index (χ3n) is 2.22. The summed E-state index contributed by atoms with van der Waals surface area (Å²) in [5, 5.41) is 0. The summed E-state index contributed by atoms with van der Waals surface area (Å²) in [5.41, 5.74) is 0.824. The third kappa shape index (κ3) is 2.54. The molecule has 0 heterocycles. The van der Waals surface area contributed by atoms with E-state index in [0.29, 0.717) is 11.5 Å². The van der Waals surface area contributed by atoms with Crippen molar-refractivity contribution in [2.24, 2.45) is 0 Å². The van der Waals surface area contributed by atoms with E-state index in [-0.39, 0.29) is 0 Å². The molecule has 5 heteroatoms.